The van der Waals surface area contributed by atoms with Crippen molar-refractivity contribution in [2.75, 3.05) is 26.2 Å². The van der Waals surface area contributed by atoms with Crippen molar-refractivity contribution >= 4 is 17.5 Å². The van der Waals surface area contributed by atoms with Crippen LogP contribution in [-0.2, 0) is 6.54 Å². The van der Waals surface area contributed by atoms with E-state index in [0.29, 0.717) is 35.3 Å². The molecule has 0 aliphatic carbocycles. The number of halogens is 1. The highest BCUT2D eigenvalue weighted by Gasteiger charge is 2.26. The molecule has 1 saturated heterocycles. The molecule has 2 aromatic heterocycles. The summed E-state index contributed by atoms with van der Waals surface area (Å²) in [5.41, 5.74) is 3.20. The van der Waals surface area contributed by atoms with Crippen LogP contribution in [0.1, 0.15) is 16.1 Å². The van der Waals surface area contributed by atoms with Gasteiger partial charge in [0.1, 0.15) is 11.4 Å². The summed E-state index contributed by atoms with van der Waals surface area (Å²) in [5.74, 6) is 0.587. The molecule has 0 bridgehead atoms. The molecular weight excluding hydrogens is 424 g/mol. The summed E-state index contributed by atoms with van der Waals surface area (Å²) < 4.78 is 7.18. The molecule has 162 valence electrons. The average Bonchev–Trinajstić information content (AvgIpc) is 3.51. The van der Waals surface area contributed by atoms with Crippen molar-refractivity contribution in [3.05, 3.63) is 95.3 Å². The molecular formula is C25H23ClN4O2. The summed E-state index contributed by atoms with van der Waals surface area (Å²) >= 11 is 6.06. The van der Waals surface area contributed by atoms with Crippen molar-refractivity contribution in [2.24, 2.45) is 0 Å². The van der Waals surface area contributed by atoms with Gasteiger partial charge in [-0.2, -0.15) is 5.10 Å². The zero-order valence-corrected chi connectivity index (χ0v) is 18.3. The third kappa shape index (κ3) is 4.33. The monoisotopic (exact) mass is 446 g/mol. The molecule has 4 aromatic rings. The predicted octanol–water partition coefficient (Wildman–Crippen LogP) is 4.74. The number of piperazine rings is 1. The van der Waals surface area contributed by atoms with Crippen molar-refractivity contribution in [1.82, 2.24) is 19.6 Å². The minimum atomic E-state index is -0.0374. The van der Waals surface area contributed by atoms with Crippen LogP contribution in [0.15, 0.2) is 83.5 Å². The first-order valence-corrected chi connectivity index (χ1v) is 11.0. The molecule has 1 fully saturated rings. The van der Waals surface area contributed by atoms with Crippen molar-refractivity contribution < 1.29 is 9.21 Å². The Morgan fingerprint density at radius 3 is 2.38 bits per heavy atom. The van der Waals surface area contributed by atoms with Gasteiger partial charge in [0.2, 0.25) is 0 Å². The van der Waals surface area contributed by atoms with Crippen LogP contribution in [0, 0.1) is 0 Å². The highest BCUT2D eigenvalue weighted by molar-refractivity contribution is 6.30. The first-order valence-electron chi connectivity index (χ1n) is 10.6. The topological polar surface area (TPSA) is 54.5 Å². The second-order valence-electron chi connectivity index (χ2n) is 7.83. The quantitative estimate of drug-likeness (QED) is 0.444. The lowest BCUT2D eigenvalue weighted by molar-refractivity contribution is 0.0619. The second kappa shape index (κ2) is 9.02. The van der Waals surface area contributed by atoms with Gasteiger partial charge in [-0.1, -0.05) is 41.9 Å². The van der Waals surface area contributed by atoms with Gasteiger partial charge in [-0.05, 0) is 42.0 Å². The molecule has 0 radical (unpaired) electrons. The molecule has 6 nitrogen and oxygen atoms in total. The number of carbonyl (C=O) groups excluding carboxylic acids is 1. The molecule has 0 saturated carbocycles. The van der Waals surface area contributed by atoms with Crippen LogP contribution in [0.3, 0.4) is 0 Å². The van der Waals surface area contributed by atoms with Crippen LogP contribution in [0.4, 0.5) is 0 Å². The summed E-state index contributed by atoms with van der Waals surface area (Å²) in [7, 11) is 0. The summed E-state index contributed by atoms with van der Waals surface area (Å²) in [6.45, 7) is 3.91. The second-order valence-corrected chi connectivity index (χ2v) is 8.27. The Bertz CT molecular complexity index is 1180. The number of carbonyl (C=O) groups is 1. The first-order chi connectivity index (χ1) is 15.7. The van der Waals surface area contributed by atoms with Gasteiger partial charge >= 0.3 is 0 Å². The third-order valence-electron chi connectivity index (χ3n) is 5.68. The molecule has 0 unspecified atom stereocenters. The minimum Gasteiger partial charge on any atom is -0.463 e. The lowest BCUT2D eigenvalue weighted by Gasteiger charge is -2.34. The zero-order valence-electron chi connectivity index (χ0n) is 17.5. The van der Waals surface area contributed by atoms with Crippen LogP contribution in [0.2, 0.25) is 5.02 Å². The number of hydrogen-bond acceptors (Lipinski definition) is 4. The first kappa shape index (κ1) is 20.5. The van der Waals surface area contributed by atoms with Crippen molar-refractivity contribution in [2.45, 2.75) is 6.54 Å². The van der Waals surface area contributed by atoms with Gasteiger partial charge in [-0.3, -0.25) is 9.69 Å². The van der Waals surface area contributed by atoms with E-state index in [1.807, 2.05) is 35.2 Å². The van der Waals surface area contributed by atoms with E-state index in [2.05, 4.69) is 34.3 Å². The van der Waals surface area contributed by atoms with Crippen molar-refractivity contribution in [1.29, 1.82) is 0 Å². The van der Waals surface area contributed by atoms with Gasteiger partial charge < -0.3 is 9.32 Å². The molecule has 0 spiro atoms. The largest absolute Gasteiger partial charge is 0.463 e. The smallest absolute Gasteiger partial charge is 0.272 e. The molecule has 0 atom stereocenters. The maximum absolute atomic E-state index is 13.5. The number of furan rings is 1. The number of hydrogen-bond donors (Lipinski definition) is 0. The molecule has 2 aromatic carbocycles. The van der Waals surface area contributed by atoms with Crippen molar-refractivity contribution in [3.8, 4) is 17.1 Å². The summed E-state index contributed by atoms with van der Waals surface area (Å²) in [6.07, 6.45) is 1.60. The summed E-state index contributed by atoms with van der Waals surface area (Å²) in [5, 5.41) is 5.30. The molecule has 32 heavy (non-hydrogen) atoms. The number of rotatable bonds is 5. The average molecular weight is 447 g/mol. The number of amides is 1. The third-order valence-corrected chi connectivity index (χ3v) is 5.93. The fourth-order valence-corrected chi connectivity index (χ4v) is 4.10. The normalized spacial score (nSPS) is 14.6. The van der Waals surface area contributed by atoms with E-state index in [4.69, 9.17) is 16.0 Å². The Hall–Kier alpha value is -3.35. The minimum absolute atomic E-state index is 0.0374. The van der Waals surface area contributed by atoms with E-state index in [-0.39, 0.29) is 5.91 Å². The van der Waals surface area contributed by atoms with Gasteiger partial charge in [0.25, 0.3) is 5.91 Å². The lowest BCUT2D eigenvalue weighted by Crippen LogP contribution is -2.48. The molecule has 1 aliphatic heterocycles. The van der Waals surface area contributed by atoms with Gasteiger partial charge in [-0.15, -0.1) is 0 Å². The predicted molar refractivity (Wildman–Crippen MR) is 124 cm³/mol. The van der Waals surface area contributed by atoms with Gasteiger partial charge in [0, 0.05) is 43.8 Å². The highest BCUT2D eigenvalue weighted by Crippen LogP contribution is 2.24. The van der Waals surface area contributed by atoms with Gasteiger partial charge in [0.15, 0.2) is 5.76 Å². The van der Waals surface area contributed by atoms with E-state index >= 15 is 0 Å². The molecule has 0 N–H and O–H groups in total. The fraction of sp³-hybridized carbons (Fsp3) is 0.200. The Balaban J connectivity index is 1.36. The Kier molecular flexibility index (Phi) is 5.79. The zero-order chi connectivity index (χ0) is 21.9. The number of aromatic nitrogens is 2. The van der Waals surface area contributed by atoms with Gasteiger partial charge in [-0.25, -0.2) is 4.68 Å². The van der Waals surface area contributed by atoms with Crippen LogP contribution >= 0.6 is 11.6 Å². The molecule has 7 heteroatoms. The van der Waals surface area contributed by atoms with E-state index < -0.39 is 0 Å². The van der Waals surface area contributed by atoms with E-state index in [1.165, 1.54) is 5.56 Å². The molecule has 1 amide bonds. The summed E-state index contributed by atoms with van der Waals surface area (Å²) in [6, 6.07) is 23.2. The van der Waals surface area contributed by atoms with E-state index in [9.17, 15) is 4.79 Å². The van der Waals surface area contributed by atoms with E-state index in [0.717, 1.165) is 25.3 Å². The summed E-state index contributed by atoms with van der Waals surface area (Å²) in [4.78, 5) is 17.8. The van der Waals surface area contributed by atoms with Crippen LogP contribution in [0.25, 0.3) is 17.1 Å². The maximum Gasteiger partial charge on any atom is 0.272 e. The Labute approximate surface area is 191 Å². The van der Waals surface area contributed by atoms with E-state index in [1.54, 1.807) is 29.1 Å². The Morgan fingerprint density at radius 1 is 0.938 bits per heavy atom. The fourth-order valence-electron chi connectivity index (χ4n) is 3.97. The Morgan fingerprint density at radius 2 is 1.69 bits per heavy atom. The van der Waals surface area contributed by atoms with Crippen LogP contribution in [0.5, 0.6) is 0 Å². The van der Waals surface area contributed by atoms with Crippen molar-refractivity contribution in [3.63, 3.8) is 0 Å². The van der Waals surface area contributed by atoms with Crippen LogP contribution in [-0.4, -0.2) is 51.7 Å². The maximum atomic E-state index is 13.5. The molecule has 1 aliphatic rings. The number of benzene rings is 2. The van der Waals surface area contributed by atoms with Gasteiger partial charge in [0.05, 0.1) is 12.0 Å². The standard InChI is InChI=1S/C25H23ClN4O2/c26-20-8-10-21(11-9-20)30-23(17-22(27-30)24-7-4-16-32-24)25(31)29-14-12-28(13-15-29)18-19-5-2-1-3-6-19/h1-11,16-17H,12-15,18H2. The number of nitrogens with zero attached hydrogens (tertiary/aromatic N) is 4. The SMILES string of the molecule is O=C(c1cc(-c2ccco2)nn1-c1ccc(Cl)cc1)N1CCN(Cc2ccccc2)CC1. The highest BCUT2D eigenvalue weighted by atomic mass is 35.5. The van der Waals surface area contributed by atoms with Crippen LogP contribution < -0.4 is 0 Å². The molecule has 5 rings (SSSR count). The lowest BCUT2D eigenvalue weighted by atomic mass is 10.2. The molecule has 3 heterocycles.